The number of hydrogen-bond donors (Lipinski definition) is 1. The first-order chi connectivity index (χ1) is 10.3. The minimum Gasteiger partial charge on any atom is -0.349 e. The van der Waals surface area contributed by atoms with Crippen LogP contribution in [-0.2, 0) is 11.2 Å². The topological polar surface area (TPSA) is 54.9 Å². The molecule has 0 saturated heterocycles. The Balaban J connectivity index is 1.62. The molecule has 0 aliphatic heterocycles. The first kappa shape index (κ1) is 14.5. The molecule has 6 heteroatoms. The third-order valence-electron chi connectivity index (χ3n) is 3.62. The second-order valence-electron chi connectivity index (χ2n) is 5.06. The van der Waals surface area contributed by atoms with E-state index >= 15 is 0 Å². The van der Waals surface area contributed by atoms with Crippen LogP contribution in [-0.4, -0.2) is 21.9 Å². The molecule has 3 rings (SSSR count). The van der Waals surface area contributed by atoms with Crippen LogP contribution in [0.2, 0.25) is 0 Å². The number of benzene rings is 1. The fourth-order valence-corrected chi connectivity index (χ4v) is 3.96. The van der Waals surface area contributed by atoms with Crippen LogP contribution < -0.4 is 5.32 Å². The summed E-state index contributed by atoms with van der Waals surface area (Å²) in [4.78, 5) is 12.2. The molecule has 0 fully saturated rings. The number of rotatable bonds is 4. The zero-order valence-electron chi connectivity index (χ0n) is 11.6. The Bertz CT molecular complexity index is 601. The van der Waals surface area contributed by atoms with Gasteiger partial charge in [-0.2, -0.15) is 0 Å². The van der Waals surface area contributed by atoms with Crippen molar-refractivity contribution in [3.8, 4) is 0 Å². The number of carbonyl (C=O) groups excluding carboxylic acids is 1. The molecule has 1 amide bonds. The van der Waals surface area contributed by atoms with Gasteiger partial charge in [-0.05, 0) is 30.4 Å². The van der Waals surface area contributed by atoms with Crippen molar-refractivity contribution in [1.29, 1.82) is 0 Å². The van der Waals surface area contributed by atoms with Crippen molar-refractivity contribution in [2.45, 2.75) is 36.1 Å². The monoisotopic (exact) mass is 319 g/mol. The summed E-state index contributed by atoms with van der Waals surface area (Å²) in [5.41, 5.74) is 4.34. The number of fused-ring (bicyclic) bond motifs is 1. The number of nitrogens with one attached hydrogen (secondary N) is 1. The van der Waals surface area contributed by atoms with Crippen LogP contribution in [0.3, 0.4) is 0 Å². The van der Waals surface area contributed by atoms with E-state index in [1.54, 1.807) is 5.51 Å². The zero-order chi connectivity index (χ0) is 14.5. The normalized spacial score (nSPS) is 17.8. The van der Waals surface area contributed by atoms with E-state index in [4.69, 9.17) is 0 Å². The Morgan fingerprint density at radius 3 is 3.14 bits per heavy atom. The van der Waals surface area contributed by atoms with Crippen molar-refractivity contribution in [3.63, 3.8) is 0 Å². The summed E-state index contributed by atoms with van der Waals surface area (Å²) in [5.74, 6) is 0.463. The number of amides is 1. The number of aromatic nitrogens is 2. The van der Waals surface area contributed by atoms with Gasteiger partial charge in [0.1, 0.15) is 5.51 Å². The standard InChI is InChI=1S/C15H17N3OS2/c19-14(9-20-15-18-16-10-21-15)17-13-8-4-2-6-11-5-1-3-7-12(11)13/h1,3,5,7,10,13H,2,4,6,8-9H2,(H,17,19). The molecule has 1 atom stereocenters. The highest BCUT2D eigenvalue weighted by Gasteiger charge is 2.20. The largest absolute Gasteiger partial charge is 0.349 e. The molecular weight excluding hydrogens is 302 g/mol. The average Bonchev–Trinajstić information content (AvgIpc) is 2.94. The molecule has 1 aromatic carbocycles. The summed E-state index contributed by atoms with van der Waals surface area (Å²) in [6.07, 6.45) is 4.49. The minimum absolute atomic E-state index is 0.0666. The van der Waals surface area contributed by atoms with Crippen molar-refractivity contribution in [2.24, 2.45) is 0 Å². The molecule has 0 spiro atoms. The SMILES string of the molecule is O=C(CSc1nncs1)NC1CCCCc2ccccc21. The van der Waals surface area contributed by atoms with Gasteiger partial charge in [-0.15, -0.1) is 10.2 Å². The maximum absolute atomic E-state index is 12.2. The van der Waals surface area contributed by atoms with Gasteiger partial charge < -0.3 is 5.32 Å². The number of nitrogens with zero attached hydrogens (tertiary/aromatic N) is 2. The maximum Gasteiger partial charge on any atom is 0.230 e. The molecule has 0 saturated carbocycles. The predicted octanol–water partition coefficient (Wildman–Crippen LogP) is 3.21. The van der Waals surface area contributed by atoms with Crippen LogP contribution in [0.1, 0.15) is 36.4 Å². The van der Waals surface area contributed by atoms with E-state index < -0.39 is 0 Å². The first-order valence-corrected chi connectivity index (χ1v) is 8.95. The maximum atomic E-state index is 12.2. The van der Waals surface area contributed by atoms with Crippen molar-refractivity contribution in [2.75, 3.05) is 5.75 Å². The summed E-state index contributed by atoms with van der Waals surface area (Å²) in [5, 5.41) is 10.9. The molecule has 0 bridgehead atoms. The van der Waals surface area contributed by atoms with Gasteiger partial charge in [-0.25, -0.2) is 0 Å². The van der Waals surface area contributed by atoms with E-state index in [0.29, 0.717) is 5.75 Å². The second-order valence-corrected chi connectivity index (χ2v) is 7.11. The van der Waals surface area contributed by atoms with E-state index in [1.807, 2.05) is 0 Å². The molecule has 1 aliphatic carbocycles. The van der Waals surface area contributed by atoms with Gasteiger partial charge in [0.05, 0.1) is 11.8 Å². The summed E-state index contributed by atoms with van der Waals surface area (Å²) in [6, 6.07) is 8.60. The number of carbonyl (C=O) groups is 1. The predicted molar refractivity (Wildman–Crippen MR) is 85.5 cm³/mol. The van der Waals surface area contributed by atoms with Crippen LogP contribution >= 0.6 is 23.1 Å². The summed E-state index contributed by atoms with van der Waals surface area (Å²) >= 11 is 2.91. The Morgan fingerprint density at radius 2 is 2.29 bits per heavy atom. The highest BCUT2D eigenvalue weighted by atomic mass is 32.2. The molecule has 1 heterocycles. The van der Waals surface area contributed by atoms with E-state index in [0.717, 1.165) is 23.6 Å². The van der Waals surface area contributed by atoms with Crippen molar-refractivity contribution < 1.29 is 4.79 Å². The molecule has 1 aliphatic rings. The van der Waals surface area contributed by atoms with Gasteiger partial charge >= 0.3 is 0 Å². The fraction of sp³-hybridized carbons (Fsp3) is 0.400. The molecular formula is C15H17N3OS2. The van der Waals surface area contributed by atoms with Gasteiger partial charge in [0.2, 0.25) is 5.91 Å². The minimum atomic E-state index is 0.0666. The lowest BCUT2D eigenvalue weighted by molar-refractivity contribution is -0.119. The lowest BCUT2D eigenvalue weighted by Crippen LogP contribution is -2.30. The number of aryl methyl sites for hydroxylation is 1. The zero-order valence-corrected chi connectivity index (χ0v) is 13.3. The molecule has 2 aromatic rings. The molecule has 0 radical (unpaired) electrons. The molecule has 1 aromatic heterocycles. The third-order valence-corrected chi connectivity index (χ3v) is 5.48. The Labute approximate surface area is 132 Å². The Morgan fingerprint density at radius 1 is 1.38 bits per heavy atom. The molecule has 4 nitrogen and oxygen atoms in total. The third kappa shape index (κ3) is 3.83. The lowest BCUT2D eigenvalue weighted by atomic mass is 9.99. The molecule has 1 N–H and O–H groups in total. The number of thioether (sulfide) groups is 1. The first-order valence-electron chi connectivity index (χ1n) is 7.09. The highest BCUT2D eigenvalue weighted by molar-refractivity contribution is 8.01. The van der Waals surface area contributed by atoms with Crippen LogP contribution in [0.25, 0.3) is 0 Å². The van der Waals surface area contributed by atoms with Crippen LogP contribution in [0.5, 0.6) is 0 Å². The van der Waals surface area contributed by atoms with E-state index in [-0.39, 0.29) is 11.9 Å². The fourth-order valence-electron chi connectivity index (χ4n) is 2.66. The van der Waals surface area contributed by atoms with Crippen LogP contribution in [0.15, 0.2) is 34.1 Å². The number of hydrogen-bond acceptors (Lipinski definition) is 5. The van der Waals surface area contributed by atoms with E-state index in [2.05, 4.69) is 39.8 Å². The lowest BCUT2D eigenvalue weighted by Gasteiger charge is -2.19. The summed E-state index contributed by atoms with van der Waals surface area (Å²) in [7, 11) is 0. The molecule has 21 heavy (non-hydrogen) atoms. The van der Waals surface area contributed by atoms with Gasteiger partial charge in [0.15, 0.2) is 4.34 Å². The van der Waals surface area contributed by atoms with Gasteiger partial charge in [0, 0.05) is 0 Å². The Hall–Kier alpha value is -1.40. The van der Waals surface area contributed by atoms with Gasteiger partial charge in [-0.3, -0.25) is 4.79 Å². The second kappa shape index (κ2) is 7.04. The van der Waals surface area contributed by atoms with E-state index in [9.17, 15) is 4.79 Å². The average molecular weight is 319 g/mol. The van der Waals surface area contributed by atoms with Crippen LogP contribution in [0, 0.1) is 0 Å². The summed E-state index contributed by atoms with van der Waals surface area (Å²) < 4.78 is 0.839. The van der Waals surface area contributed by atoms with Crippen molar-refractivity contribution >= 4 is 29.0 Å². The quantitative estimate of drug-likeness (QED) is 0.694. The van der Waals surface area contributed by atoms with Crippen molar-refractivity contribution in [3.05, 3.63) is 40.9 Å². The van der Waals surface area contributed by atoms with Gasteiger partial charge in [-0.1, -0.05) is 53.8 Å². The highest BCUT2D eigenvalue weighted by Crippen LogP contribution is 2.28. The summed E-state index contributed by atoms with van der Waals surface area (Å²) in [6.45, 7) is 0. The molecule has 110 valence electrons. The van der Waals surface area contributed by atoms with E-state index in [1.165, 1.54) is 40.6 Å². The van der Waals surface area contributed by atoms with Crippen LogP contribution in [0.4, 0.5) is 0 Å². The smallest absolute Gasteiger partial charge is 0.230 e. The van der Waals surface area contributed by atoms with Crippen molar-refractivity contribution in [1.82, 2.24) is 15.5 Å². The van der Waals surface area contributed by atoms with Gasteiger partial charge in [0.25, 0.3) is 0 Å². The molecule has 1 unspecified atom stereocenters. The Kier molecular flexibility index (Phi) is 4.87.